The second-order valence-corrected chi connectivity index (χ2v) is 6.79. The number of likely N-dealkylation sites (N-methyl/N-ethyl adjacent to an activating group) is 1. The summed E-state index contributed by atoms with van der Waals surface area (Å²) in [6.45, 7) is 7.41. The third kappa shape index (κ3) is 5.05. The maximum absolute atomic E-state index is 6.16. The molecule has 1 fully saturated rings. The van der Waals surface area contributed by atoms with Crippen LogP contribution in [0.1, 0.15) is 52.4 Å². The fourth-order valence-corrected chi connectivity index (χ4v) is 3.70. The first-order valence-electron chi connectivity index (χ1n) is 7.94. The van der Waals surface area contributed by atoms with Crippen LogP contribution in [0, 0.1) is 11.8 Å². The summed E-state index contributed by atoms with van der Waals surface area (Å²) >= 11 is 0. The Hall–Kier alpha value is -0.120. The molecule has 0 aromatic carbocycles. The van der Waals surface area contributed by atoms with Crippen molar-refractivity contribution < 1.29 is 4.74 Å². The number of rotatable bonds is 8. The maximum atomic E-state index is 6.16. The number of hydrogen-bond acceptors (Lipinski definition) is 3. The lowest BCUT2D eigenvalue weighted by atomic mass is 9.72. The molecule has 2 N–H and O–H groups in total. The Labute approximate surface area is 119 Å². The largest absolute Gasteiger partial charge is 0.385 e. The third-order valence-electron chi connectivity index (χ3n) is 4.76. The van der Waals surface area contributed by atoms with E-state index in [1.165, 1.54) is 32.1 Å². The van der Waals surface area contributed by atoms with E-state index in [4.69, 9.17) is 10.5 Å². The third-order valence-corrected chi connectivity index (χ3v) is 4.76. The van der Waals surface area contributed by atoms with E-state index in [1.54, 1.807) is 7.11 Å². The second-order valence-electron chi connectivity index (χ2n) is 6.79. The van der Waals surface area contributed by atoms with Gasteiger partial charge in [-0.1, -0.05) is 26.7 Å². The molecule has 0 aromatic heterocycles. The van der Waals surface area contributed by atoms with Gasteiger partial charge in [0, 0.05) is 32.3 Å². The highest BCUT2D eigenvalue weighted by Crippen LogP contribution is 2.38. The summed E-state index contributed by atoms with van der Waals surface area (Å²) in [4.78, 5) is 2.51. The van der Waals surface area contributed by atoms with E-state index < -0.39 is 0 Å². The zero-order valence-corrected chi connectivity index (χ0v) is 13.5. The molecule has 0 radical (unpaired) electrons. The first-order chi connectivity index (χ1) is 9.04. The Morgan fingerprint density at radius 2 is 2.16 bits per heavy atom. The summed E-state index contributed by atoms with van der Waals surface area (Å²) in [5, 5.41) is 0. The van der Waals surface area contributed by atoms with Crippen molar-refractivity contribution in [3.63, 3.8) is 0 Å². The number of methoxy groups -OCH3 is 1. The van der Waals surface area contributed by atoms with Gasteiger partial charge in [0.25, 0.3) is 0 Å². The fourth-order valence-electron chi connectivity index (χ4n) is 3.70. The highest BCUT2D eigenvalue weighted by molar-refractivity contribution is 4.95. The number of nitrogens with two attached hydrogens (primary N) is 1. The van der Waals surface area contributed by atoms with Gasteiger partial charge in [0.15, 0.2) is 0 Å². The second kappa shape index (κ2) is 8.23. The smallest absolute Gasteiger partial charge is 0.0474 e. The summed E-state index contributed by atoms with van der Waals surface area (Å²) in [7, 11) is 4.03. The Morgan fingerprint density at radius 3 is 2.74 bits per heavy atom. The quantitative estimate of drug-likeness (QED) is 0.689. The molecule has 0 amide bonds. The molecule has 19 heavy (non-hydrogen) atoms. The monoisotopic (exact) mass is 270 g/mol. The van der Waals surface area contributed by atoms with Crippen LogP contribution in [0.2, 0.25) is 0 Å². The molecule has 2 unspecified atom stereocenters. The van der Waals surface area contributed by atoms with Crippen LogP contribution in [0.15, 0.2) is 0 Å². The number of nitrogens with zero attached hydrogens (tertiary/aromatic N) is 1. The first-order valence-corrected chi connectivity index (χ1v) is 7.94. The SMILES string of the molecule is COCCCN(C)C1(CN)CCCC(CC(C)C)C1. The summed E-state index contributed by atoms with van der Waals surface area (Å²) in [6.07, 6.45) is 7.74. The highest BCUT2D eigenvalue weighted by atomic mass is 16.5. The highest BCUT2D eigenvalue weighted by Gasteiger charge is 2.38. The molecule has 0 spiro atoms. The lowest BCUT2D eigenvalue weighted by molar-refractivity contribution is 0.0453. The van der Waals surface area contributed by atoms with Crippen molar-refractivity contribution in [3.05, 3.63) is 0 Å². The molecule has 2 atom stereocenters. The van der Waals surface area contributed by atoms with Gasteiger partial charge < -0.3 is 10.5 Å². The molecule has 1 aliphatic carbocycles. The van der Waals surface area contributed by atoms with E-state index in [0.29, 0.717) is 0 Å². The van der Waals surface area contributed by atoms with E-state index in [1.807, 2.05) is 0 Å². The predicted molar refractivity (Wildman–Crippen MR) is 82.3 cm³/mol. The molecule has 1 rings (SSSR count). The van der Waals surface area contributed by atoms with Crippen LogP contribution in [-0.2, 0) is 4.74 Å². The average Bonchev–Trinajstić information content (AvgIpc) is 2.38. The molecule has 114 valence electrons. The Bertz CT molecular complexity index is 245. The molecule has 3 nitrogen and oxygen atoms in total. The molecule has 0 heterocycles. The molecule has 0 saturated heterocycles. The van der Waals surface area contributed by atoms with Crippen LogP contribution in [0.4, 0.5) is 0 Å². The van der Waals surface area contributed by atoms with Crippen molar-refractivity contribution >= 4 is 0 Å². The Kier molecular flexibility index (Phi) is 7.33. The minimum Gasteiger partial charge on any atom is -0.385 e. The first kappa shape index (κ1) is 16.9. The lowest BCUT2D eigenvalue weighted by Gasteiger charge is -2.47. The van der Waals surface area contributed by atoms with Gasteiger partial charge in [-0.3, -0.25) is 4.90 Å². The zero-order valence-electron chi connectivity index (χ0n) is 13.5. The van der Waals surface area contributed by atoms with Crippen molar-refractivity contribution in [2.75, 3.05) is 33.9 Å². The molecule has 0 aromatic rings. The van der Waals surface area contributed by atoms with Crippen molar-refractivity contribution in [1.29, 1.82) is 0 Å². The zero-order chi connectivity index (χ0) is 14.3. The summed E-state index contributed by atoms with van der Waals surface area (Å²) in [5.41, 5.74) is 6.41. The average molecular weight is 270 g/mol. The summed E-state index contributed by atoms with van der Waals surface area (Å²) in [5.74, 6) is 1.67. The minimum atomic E-state index is 0.242. The number of ether oxygens (including phenoxy) is 1. The fraction of sp³-hybridized carbons (Fsp3) is 1.00. The van der Waals surface area contributed by atoms with Crippen LogP contribution in [0.5, 0.6) is 0 Å². The van der Waals surface area contributed by atoms with E-state index in [9.17, 15) is 0 Å². The van der Waals surface area contributed by atoms with Crippen molar-refractivity contribution in [3.8, 4) is 0 Å². The molecule has 1 saturated carbocycles. The van der Waals surface area contributed by atoms with Gasteiger partial charge >= 0.3 is 0 Å². The van der Waals surface area contributed by atoms with Crippen molar-refractivity contribution in [2.24, 2.45) is 17.6 Å². The lowest BCUT2D eigenvalue weighted by Crippen LogP contribution is -2.55. The van der Waals surface area contributed by atoms with Crippen LogP contribution in [0.3, 0.4) is 0 Å². The van der Waals surface area contributed by atoms with Crippen LogP contribution >= 0.6 is 0 Å². The normalized spacial score (nSPS) is 28.3. The van der Waals surface area contributed by atoms with Gasteiger partial charge in [-0.25, -0.2) is 0 Å². The summed E-state index contributed by atoms with van der Waals surface area (Å²) < 4.78 is 5.16. The van der Waals surface area contributed by atoms with Crippen molar-refractivity contribution in [2.45, 2.75) is 57.9 Å². The molecule has 0 bridgehead atoms. The topological polar surface area (TPSA) is 38.5 Å². The maximum Gasteiger partial charge on any atom is 0.0474 e. The molecule has 1 aliphatic rings. The number of hydrogen-bond donors (Lipinski definition) is 1. The van der Waals surface area contributed by atoms with E-state index in [0.717, 1.165) is 38.0 Å². The van der Waals surface area contributed by atoms with Gasteiger partial charge in [0.2, 0.25) is 0 Å². The minimum absolute atomic E-state index is 0.242. The van der Waals surface area contributed by atoms with Gasteiger partial charge in [0.05, 0.1) is 0 Å². The molecule has 3 heteroatoms. The van der Waals surface area contributed by atoms with E-state index in [2.05, 4.69) is 25.8 Å². The van der Waals surface area contributed by atoms with Crippen LogP contribution in [-0.4, -0.2) is 44.3 Å². The van der Waals surface area contributed by atoms with Crippen LogP contribution < -0.4 is 5.73 Å². The van der Waals surface area contributed by atoms with E-state index >= 15 is 0 Å². The van der Waals surface area contributed by atoms with Crippen LogP contribution in [0.25, 0.3) is 0 Å². The molecular formula is C16H34N2O. The molecule has 0 aliphatic heterocycles. The standard InChI is InChI=1S/C16H34N2O/c1-14(2)11-15-7-5-8-16(12-15,13-17)18(3)9-6-10-19-4/h14-15H,5-13,17H2,1-4H3. The van der Waals surface area contributed by atoms with Crippen molar-refractivity contribution in [1.82, 2.24) is 4.90 Å². The van der Waals surface area contributed by atoms with Gasteiger partial charge in [-0.15, -0.1) is 0 Å². The predicted octanol–water partition coefficient (Wildman–Crippen LogP) is 2.89. The van der Waals surface area contributed by atoms with Gasteiger partial charge in [0.1, 0.15) is 0 Å². The Morgan fingerprint density at radius 1 is 1.42 bits per heavy atom. The van der Waals surface area contributed by atoms with Gasteiger partial charge in [-0.2, -0.15) is 0 Å². The molecular weight excluding hydrogens is 236 g/mol. The van der Waals surface area contributed by atoms with E-state index in [-0.39, 0.29) is 5.54 Å². The summed E-state index contributed by atoms with van der Waals surface area (Å²) in [6, 6.07) is 0. The van der Waals surface area contributed by atoms with Gasteiger partial charge in [-0.05, 0) is 44.6 Å². The Balaban J connectivity index is 2.56.